The summed E-state index contributed by atoms with van der Waals surface area (Å²) in [6.45, 7) is 7.30. The van der Waals surface area contributed by atoms with E-state index < -0.39 is 23.8 Å². The molecule has 0 aliphatic carbocycles. The molecule has 0 saturated carbocycles. The Kier molecular flexibility index (Phi) is 5.14. The quantitative estimate of drug-likeness (QED) is 0.709. The predicted octanol–water partition coefficient (Wildman–Crippen LogP) is 2.89. The van der Waals surface area contributed by atoms with Crippen LogP contribution in [0, 0.1) is 6.92 Å². The van der Waals surface area contributed by atoms with Gasteiger partial charge in [0.1, 0.15) is 11.4 Å². The minimum Gasteiger partial charge on any atom is -0.480 e. The summed E-state index contributed by atoms with van der Waals surface area (Å²) in [6, 6.07) is 9.70. The van der Waals surface area contributed by atoms with Crippen LogP contribution in [-0.4, -0.2) is 20.2 Å². The second-order valence-corrected chi connectivity index (χ2v) is 7.47. The molecule has 0 atom stereocenters. The van der Waals surface area contributed by atoms with Crippen molar-refractivity contribution in [2.45, 2.75) is 33.4 Å². The predicted molar refractivity (Wildman–Crippen MR) is 108 cm³/mol. The summed E-state index contributed by atoms with van der Waals surface area (Å²) in [5.74, 6) is -1.23. The lowest BCUT2D eigenvalue weighted by molar-refractivity contribution is -0.137. The molecule has 0 aliphatic rings. The highest BCUT2D eigenvalue weighted by atomic mass is 32.1. The van der Waals surface area contributed by atoms with Crippen LogP contribution >= 0.6 is 11.3 Å². The Balaban J connectivity index is 2.24. The van der Waals surface area contributed by atoms with Crippen molar-refractivity contribution in [2.24, 2.45) is 0 Å². The second kappa shape index (κ2) is 7.36. The number of hydrogen-bond acceptors (Lipinski definition) is 4. The summed E-state index contributed by atoms with van der Waals surface area (Å²) < 4.78 is 2.31. The van der Waals surface area contributed by atoms with Crippen molar-refractivity contribution >= 4 is 33.1 Å². The summed E-state index contributed by atoms with van der Waals surface area (Å²) >= 11 is 1.35. The third-order valence-corrected chi connectivity index (χ3v) is 5.92. The third-order valence-electron chi connectivity index (χ3n) is 4.44. The molecule has 1 N–H and O–H groups in total. The van der Waals surface area contributed by atoms with Crippen molar-refractivity contribution in [3.63, 3.8) is 0 Å². The van der Waals surface area contributed by atoms with Gasteiger partial charge in [-0.25, -0.2) is 9.36 Å². The molecule has 27 heavy (non-hydrogen) atoms. The SMILES string of the molecule is C=C(C)c1sc2c(c1C)c(=O)n(CC(=O)O)c(=O)n2CCc1ccccc1. The van der Waals surface area contributed by atoms with Gasteiger partial charge in [0, 0.05) is 11.4 Å². The molecule has 1 aromatic carbocycles. The molecule has 0 spiro atoms. The standard InChI is InChI=1S/C20H20N2O4S/c1-12(2)17-13(3)16-18(25)22(11-15(23)24)20(26)21(19(16)27-17)10-9-14-7-5-4-6-8-14/h4-8H,1,9-11H2,2-3H3,(H,23,24). The maximum absolute atomic E-state index is 12.9. The first kappa shape index (κ1) is 18.8. The Morgan fingerprint density at radius 1 is 1.19 bits per heavy atom. The number of aliphatic carboxylic acids is 1. The van der Waals surface area contributed by atoms with Crippen LogP contribution in [-0.2, 0) is 24.3 Å². The van der Waals surface area contributed by atoms with Crippen LogP contribution < -0.4 is 11.2 Å². The molecular weight excluding hydrogens is 364 g/mol. The normalized spacial score (nSPS) is 11.0. The molecule has 7 heteroatoms. The Morgan fingerprint density at radius 3 is 2.44 bits per heavy atom. The van der Waals surface area contributed by atoms with Crippen LogP contribution in [0.25, 0.3) is 15.8 Å². The topological polar surface area (TPSA) is 81.3 Å². The zero-order valence-corrected chi connectivity index (χ0v) is 16.0. The van der Waals surface area contributed by atoms with Gasteiger partial charge in [0.2, 0.25) is 0 Å². The van der Waals surface area contributed by atoms with Gasteiger partial charge in [0.25, 0.3) is 5.56 Å². The number of allylic oxidation sites excluding steroid dienone is 1. The van der Waals surface area contributed by atoms with Crippen molar-refractivity contribution in [2.75, 3.05) is 0 Å². The Morgan fingerprint density at radius 2 is 1.85 bits per heavy atom. The molecule has 2 heterocycles. The first-order valence-electron chi connectivity index (χ1n) is 8.49. The molecule has 0 amide bonds. The molecule has 2 aromatic heterocycles. The number of benzene rings is 1. The average Bonchev–Trinajstić information content (AvgIpc) is 2.97. The summed E-state index contributed by atoms with van der Waals surface area (Å²) in [4.78, 5) is 38.3. The first-order valence-corrected chi connectivity index (χ1v) is 9.31. The van der Waals surface area contributed by atoms with E-state index in [-0.39, 0.29) is 0 Å². The summed E-state index contributed by atoms with van der Waals surface area (Å²) in [5.41, 5.74) is 1.44. The van der Waals surface area contributed by atoms with Crippen molar-refractivity contribution < 1.29 is 9.90 Å². The van der Waals surface area contributed by atoms with E-state index >= 15 is 0 Å². The minimum atomic E-state index is -1.23. The number of carbonyl (C=O) groups is 1. The van der Waals surface area contributed by atoms with Crippen LogP contribution in [0.3, 0.4) is 0 Å². The first-order chi connectivity index (χ1) is 12.8. The fourth-order valence-corrected chi connectivity index (χ4v) is 4.40. The molecule has 0 unspecified atom stereocenters. The second-order valence-electron chi connectivity index (χ2n) is 6.47. The maximum Gasteiger partial charge on any atom is 0.332 e. The molecule has 0 bridgehead atoms. The van der Waals surface area contributed by atoms with Crippen LogP contribution in [0.5, 0.6) is 0 Å². The lowest BCUT2D eigenvalue weighted by Crippen LogP contribution is -2.41. The number of nitrogens with zero attached hydrogens (tertiary/aromatic N) is 2. The Hall–Kier alpha value is -2.93. The summed E-state index contributed by atoms with van der Waals surface area (Å²) in [6.07, 6.45) is 0.598. The van der Waals surface area contributed by atoms with Crippen LogP contribution in [0.2, 0.25) is 0 Å². The fraction of sp³-hybridized carbons (Fsp3) is 0.250. The molecule has 3 aromatic rings. The van der Waals surface area contributed by atoms with E-state index in [0.717, 1.165) is 26.1 Å². The lowest BCUT2D eigenvalue weighted by Gasteiger charge is -2.11. The van der Waals surface area contributed by atoms with E-state index in [2.05, 4.69) is 6.58 Å². The number of carboxylic acids is 1. The van der Waals surface area contributed by atoms with Gasteiger partial charge in [-0.2, -0.15) is 0 Å². The molecule has 6 nitrogen and oxygen atoms in total. The smallest absolute Gasteiger partial charge is 0.332 e. The third kappa shape index (κ3) is 3.50. The van der Waals surface area contributed by atoms with Gasteiger partial charge in [-0.05, 0) is 37.0 Å². The molecule has 0 fully saturated rings. The molecule has 0 saturated heterocycles. The number of thiophene rings is 1. The molecular formula is C20H20N2O4S. The van der Waals surface area contributed by atoms with E-state index in [9.17, 15) is 14.4 Å². The van der Waals surface area contributed by atoms with E-state index in [1.165, 1.54) is 15.9 Å². The maximum atomic E-state index is 12.9. The van der Waals surface area contributed by atoms with E-state index in [0.29, 0.717) is 23.2 Å². The largest absolute Gasteiger partial charge is 0.480 e. The van der Waals surface area contributed by atoms with Gasteiger partial charge in [-0.15, -0.1) is 11.3 Å². The zero-order chi connectivity index (χ0) is 19.7. The van der Waals surface area contributed by atoms with E-state index in [1.54, 1.807) is 6.92 Å². The molecule has 0 radical (unpaired) electrons. The number of hydrogen-bond donors (Lipinski definition) is 1. The van der Waals surface area contributed by atoms with Gasteiger partial charge in [0.15, 0.2) is 0 Å². The van der Waals surface area contributed by atoms with E-state index in [1.807, 2.05) is 37.3 Å². The Labute approximate surface area is 159 Å². The monoisotopic (exact) mass is 384 g/mol. The zero-order valence-electron chi connectivity index (χ0n) is 15.2. The molecule has 0 aliphatic heterocycles. The number of rotatable bonds is 6. The number of fused-ring (bicyclic) bond motifs is 1. The number of aryl methyl sites for hydroxylation is 3. The lowest BCUT2D eigenvalue weighted by atomic mass is 10.1. The van der Waals surface area contributed by atoms with Crippen LogP contribution in [0.1, 0.15) is 22.9 Å². The van der Waals surface area contributed by atoms with E-state index in [4.69, 9.17) is 5.11 Å². The highest BCUT2D eigenvalue weighted by Gasteiger charge is 2.21. The van der Waals surface area contributed by atoms with Gasteiger partial charge in [0.05, 0.1) is 5.39 Å². The summed E-state index contributed by atoms with van der Waals surface area (Å²) in [7, 11) is 0. The Bertz CT molecular complexity index is 1150. The highest BCUT2D eigenvalue weighted by molar-refractivity contribution is 7.19. The average molecular weight is 384 g/mol. The van der Waals surface area contributed by atoms with Crippen molar-refractivity contribution in [3.8, 4) is 0 Å². The van der Waals surface area contributed by atoms with Gasteiger partial charge < -0.3 is 5.11 Å². The van der Waals surface area contributed by atoms with Crippen molar-refractivity contribution in [1.29, 1.82) is 0 Å². The van der Waals surface area contributed by atoms with Gasteiger partial charge in [-0.3, -0.25) is 14.2 Å². The molecule has 140 valence electrons. The van der Waals surface area contributed by atoms with Crippen LogP contribution in [0.15, 0.2) is 46.5 Å². The highest BCUT2D eigenvalue weighted by Crippen LogP contribution is 2.32. The van der Waals surface area contributed by atoms with Gasteiger partial charge in [-0.1, -0.05) is 36.9 Å². The summed E-state index contributed by atoms with van der Waals surface area (Å²) in [5, 5.41) is 9.53. The number of aromatic nitrogens is 2. The van der Waals surface area contributed by atoms with Crippen molar-refractivity contribution in [3.05, 3.63) is 73.8 Å². The van der Waals surface area contributed by atoms with Crippen LogP contribution in [0.4, 0.5) is 0 Å². The van der Waals surface area contributed by atoms with Crippen molar-refractivity contribution in [1.82, 2.24) is 9.13 Å². The number of carboxylic acid groups (broad SMARTS) is 1. The van der Waals surface area contributed by atoms with Gasteiger partial charge >= 0.3 is 11.7 Å². The fourth-order valence-electron chi connectivity index (χ4n) is 3.16. The minimum absolute atomic E-state index is 0.356. The molecule has 3 rings (SSSR count).